The van der Waals surface area contributed by atoms with Crippen molar-refractivity contribution in [3.05, 3.63) is 66.6 Å². The van der Waals surface area contributed by atoms with Crippen molar-refractivity contribution in [3.8, 4) is 16.9 Å². The topological polar surface area (TPSA) is 71.8 Å². The maximum Gasteiger partial charge on any atom is 0.314 e. The molecule has 0 spiro atoms. The molecule has 0 bridgehead atoms. The van der Waals surface area contributed by atoms with Crippen LogP contribution in [0.5, 0.6) is 0 Å². The molecule has 0 saturated heterocycles. The SMILES string of the molecule is CNC(=O)NCc1cn(-c2ccccc2)nc1-c1ccncc1. The van der Waals surface area contributed by atoms with Crippen molar-refractivity contribution in [2.45, 2.75) is 6.54 Å². The first-order chi connectivity index (χ1) is 11.3. The molecule has 3 aromatic rings. The molecule has 0 saturated carbocycles. The van der Waals surface area contributed by atoms with Crippen LogP contribution in [0.3, 0.4) is 0 Å². The molecule has 0 aliphatic carbocycles. The number of hydrogen-bond donors (Lipinski definition) is 2. The van der Waals surface area contributed by atoms with E-state index >= 15 is 0 Å². The molecule has 0 aliphatic rings. The lowest BCUT2D eigenvalue weighted by molar-refractivity contribution is 0.242. The fourth-order valence-corrected chi connectivity index (χ4v) is 2.27. The van der Waals surface area contributed by atoms with Gasteiger partial charge in [-0.1, -0.05) is 18.2 Å². The van der Waals surface area contributed by atoms with Gasteiger partial charge in [-0.15, -0.1) is 0 Å². The molecule has 0 unspecified atom stereocenters. The Morgan fingerprint density at radius 1 is 1.13 bits per heavy atom. The third kappa shape index (κ3) is 3.37. The predicted octanol–water partition coefficient (Wildman–Crippen LogP) is 2.36. The highest BCUT2D eigenvalue weighted by Crippen LogP contribution is 2.23. The van der Waals surface area contributed by atoms with Crippen molar-refractivity contribution >= 4 is 6.03 Å². The molecule has 0 atom stereocenters. The minimum Gasteiger partial charge on any atom is -0.341 e. The van der Waals surface area contributed by atoms with Gasteiger partial charge in [-0.25, -0.2) is 9.48 Å². The lowest BCUT2D eigenvalue weighted by Crippen LogP contribution is -2.32. The van der Waals surface area contributed by atoms with Crippen LogP contribution in [0.4, 0.5) is 4.79 Å². The first kappa shape index (κ1) is 14.8. The number of nitrogens with one attached hydrogen (secondary N) is 2. The lowest BCUT2D eigenvalue weighted by atomic mass is 10.1. The molecule has 2 amide bonds. The molecule has 116 valence electrons. The molecule has 0 aliphatic heterocycles. The van der Waals surface area contributed by atoms with Crippen molar-refractivity contribution in [2.75, 3.05) is 7.05 Å². The van der Waals surface area contributed by atoms with E-state index in [2.05, 4.69) is 20.7 Å². The van der Waals surface area contributed by atoms with Crippen molar-refractivity contribution in [1.29, 1.82) is 0 Å². The number of pyridine rings is 1. The Labute approximate surface area is 134 Å². The van der Waals surface area contributed by atoms with Gasteiger partial charge in [0.05, 0.1) is 11.4 Å². The molecule has 6 heteroatoms. The molecular formula is C17H17N5O. The van der Waals surface area contributed by atoms with Gasteiger partial charge < -0.3 is 10.6 Å². The molecule has 0 fully saturated rings. The Kier molecular flexibility index (Phi) is 4.33. The van der Waals surface area contributed by atoms with Crippen molar-refractivity contribution in [1.82, 2.24) is 25.4 Å². The minimum absolute atomic E-state index is 0.224. The maximum atomic E-state index is 11.5. The van der Waals surface area contributed by atoms with E-state index < -0.39 is 0 Å². The van der Waals surface area contributed by atoms with E-state index in [1.165, 1.54) is 0 Å². The largest absolute Gasteiger partial charge is 0.341 e. The number of amides is 2. The summed E-state index contributed by atoms with van der Waals surface area (Å²) in [6, 6.07) is 13.4. The highest BCUT2D eigenvalue weighted by Gasteiger charge is 2.12. The van der Waals surface area contributed by atoms with E-state index in [4.69, 9.17) is 0 Å². The summed E-state index contributed by atoms with van der Waals surface area (Å²) >= 11 is 0. The third-order valence-electron chi connectivity index (χ3n) is 3.43. The number of benzene rings is 1. The van der Waals surface area contributed by atoms with Crippen LogP contribution in [-0.4, -0.2) is 27.8 Å². The number of para-hydroxylation sites is 1. The normalized spacial score (nSPS) is 10.3. The van der Waals surface area contributed by atoms with Crippen LogP contribution in [0, 0.1) is 0 Å². The average Bonchev–Trinajstić information content (AvgIpc) is 3.05. The fourth-order valence-electron chi connectivity index (χ4n) is 2.27. The summed E-state index contributed by atoms with van der Waals surface area (Å²) in [5.41, 5.74) is 3.69. The summed E-state index contributed by atoms with van der Waals surface area (Å²) in [5, 5.41) is 10.0. The summed E-state index contributed by atoms with van der Waals surface area (Å²) < 4.78 is 1.82. The van der Waals surface area contributed by atoms with Crippen molar-refractivity contribution in [3.63, 3.8) is 0 Å². The van der Waals surface area contributed by atoms with Crippen LogP contribution in [0.25, 0.3) is 16.9 Å². The molecule has 2 heterocycles. The van der Waals surface area contributed by atoms with Crippen LogP contribution in [0.2, 0.25) is 0 Å². The zero-order chi connectivity index (χ0) is 16.1. The number of aromatic nitrogens is 3. The van der Waals surface area contributed by atoms with Gasteiger partial charge in [-0.2, -0.15) is 5.10 Å². The van der Waals surface area contributed by atoms with Gasteiger partial charge in [0.15, 0.2) is 0 Å². The second kappa shape index (κ2) is 6.74. The smallest absolute Gasteiger partial charge is 0.314 e. The Morgan fingerprint density at radius 2 is 1.87 bits per heavy atom. The number of hydrogen-bond acceptors (Lipinski definition) is 3. The maximum absolute atomic E-state index is 11.5. The quantitative estimate of drug-likeness (QED) is 0.777. The average molecular weight is 307 g/mol. The van der Waals surface area contributed by atoms with Crippen molar-refractivity contribution in [2.24, 2.45) is 0 Å². The van der Waals surface area contributed by atoms with Gasteiger partial charge in [-0.05, 0) is 24.3 Å². The molecule has 2 aromatic heterocycles. The first-order valence-electron chi connectivity index (χ1n) is 7.28. The Balaban J connectivity index is 1.98. The monoisotopic (exact) mass is 307 g/mol. The molecular weight excluding hydrogens is 290 g/mol. The standard InChI is InChI=1S/C17H17N5O/c1-18-17(23)20-11-14-12-22(15-5-3-2-4-6-15)21-16(14)13-7-9-19-10-8-13/h2-10,12H,11H2,1H3,(H2,18,20,23). The highest BCUT2D eigenvalue weighted by atomic mass is 16.2. The second-order valence-corrected chi connectivity index (χ2v) is 4.95. The van der Waals surface area contributed by atoms with Crippen LogP contribution in [-0.2, 0) is 6.54 Å². The number of urea groups is 1. The molecule has 6 nitrogen and oxygen atoms in total. The van der Waals surface area contributed by atoms with Gasteiger partial charge >= 0.3 is 6.03 Å². The Bertz CT molecular complexity index is 783. The van der Waals surface area contributed by atoms with Crippen LogP contribution in [0.1, 0.15) is 5.56 Å². The minimum atomic E-state index is -0.224. The van der Waals surface area contributed by atoms with E-state index in [0.717, 1.165) is 22.5 Å². The zero-order valence-electron chi connectivity index (χ0n) is 12.7. The lowest BCUT2D eigenvalue weighted by Gasteiger charge is -2.04. The summed E-state index contributed by atoms with van der Waals surface area (Å²) in [6.07, 6.45) is 5.39. The van der Waals surface area contributed by atoms with Crippen LogP contribution >= 0.6 is 0 Å². The molecule has 0 radical (unpaired) electrons. The second-order valence-electron chi connectivity index (χ2n) is 4.95. The summed E-state index contributed by atoms with van der Waals surface area (Å²) in [6.45, 7) is 0.393. The third-order valence-corrected chi connectivity index (χ3v) is 3.43. The van der Waals surface area contributed by atoms with E-state index in [9.17, 15) is 4.79 Å². The first-order valence-corrected chi connectivity index (χ1v) is 7.28. The highest BCUT2D eigenvalue weighted by molar-refractivity contribution is 5.74. The van der Waals surface area contributed by atoms with E-state index in [0.29, 0.717) is 6.54 Å². The van der Waals surface area contributed by atoms with Gasteiger partial charge in [0, 0.05) is 43.3 Å². The fraction of sp³-hybridized carbons (Fsp3) is 0.118. The zero-order valence-corrected chi connectivity index (χ0v) is 12.7. The Morgan fingerprint density at radius 3 is 2.57 bits per heavy atom. The number of carbonyl (C=O) groups excluding carboxylic acids is 1. The van der Waals surface area contributed by atoms with Gasteiger partial charge in [0.1, 0.15) is 0 Å². The molecule has 3 rings (SSSR count). The van der Waals surface area contributed by atoms with E-state index in [1.807, 2.05) is 53.3 Å². The summed E-state index contributed by atoms with van der Waals surface area (Å²) in [5.74, 6) is 0. The van der Waals surface area contributed by atoms with E-state index in [1.54, 1.807) is 19.4 Å². The molecule has 2 N–H and O–H groups in total. The van der Waals surface area contributed by atoms with Gasteiger partial charge in [0.25, 0.3) is 0 Å². The number of carbonyl (C=O) groups is 1. The molecule has 1 aromatic carbocycles. The van der Waals surface area contributed by atoms with Gasteiger partial charge in [-0.3, -0.25) is 4.98 Å². The van der Waals surface area contributed by atoms with Crippen LogP contribution < -0.4 is 10.6 Å². The van der Waals surface area contributed by atoms with E-state index in [-0.39, 0.29) is 6.03 Å². The van der Waals surface area contributed by atoms with Gasteiger partial charge in [0.2, 0.25) is 0 Å². The predicted molar refractivity (Wildman–Crippen MR) is 88.1 cm³/mol. The summed E-state index contributed by atoms with van der Waals surface area (Å²) in [7, 11) is 1.59. The van der Waals surface area contributed by atoms with Crippen molar-refractivity contribution < 1.29 is 4.79 Å². The summed E-state index contributed by atoms with van der Waals surface area (Å²) in [4.78, 5) is 15.5. The molecule has 23 heavy (non-hydrogen) atoms. The van der Waals surface area contributed by atoms with Crippen LogP contribution in [0.15, 0.2) is 61.1 Å². The number of nitrogens with zero attached hydrogens (tertiary/aromatic N) is 3. The Hall–Kier alpha value is -3.15. The number of rotatable bonds is 4.